The summed E-state index contributed by atoms with van der Waals surface area (Å²) in [7, 11) is 0. The van der Waals surface area contributed by atoms with Crippen LogP contribution in [0.1, 0.15) is 17.7 Å². The molecule has 13 heavy (non-hydrogen) atoms. The molecule has 0 aliphatic heterocycles. The van der Waals surface area contributed by atoms with E-state index in [0.29, 0.717) is 0 Å². The molecule has 0 amide bonds. The van der Waals surface area contributed by atoms with E-state index in [-0.39, 0.29) is 5.56 Å². The first-order valence-corrected chi connectivity index (χ1v) is 3.71. The lowest BCUT2D eigenvalue weighted by Crippen LogP contribution is -1.95. The van der Waals surface area contributed by atoms with E-state index in [4.69, 9.17) is 21.8 Å². The minimum absolute atomic E-state index is 0.0599. The van der Waals surface area contributed by atoms with E-state index in [1.807, 2.05) is 0 Å². The van der Waals surface area contributed by atoms with E-state index in [2.05, 4.69) is 4.98 Å². The van der Waals surface area contributed by atoms with Crippen molar-refractivity contribution in [3.05, 3.63) is 22.5 Å². The second-order valence-corrected chi connectivity index (χ2v) is 2.66. The lowest BCUT2D eigenvalue weighted by Gasteiger charge is -2.05. The Morgan fingerprint density at radius 1 is 1.54 bits per heavy atom. The van der Waals surface area contributed by atoms with Crippen LogP contribution in [0, 0.1) is 0 Å². The van der Waals surface area contributed by atoms with Crippen molar-refractivity contribution < 1.29 is 19.0 Å². The zero-order valence-corrected chi connectivity index (χ0v) is 7.09. The van der Waals surface area contributed by atoms with Crippen LogP contribution < -0.4 is 0 Å². The highest BCUT2D eigenvalue weighted by Crippen LogP contribution is 2.29. The van der Waals surface area contributed by atoms with Crippen molar-refractivity contribution in [2.45, 2.75) is 13.0 Å². The topological polar surface area (TPSA) is 53.4 Å². The summed E-state index contributed by atoms with van der Waals surface area (Å²) < 4.78 is 24.2. The van der Waals surface area contributed by atoms with Crippen LogP contribution in [0.5, 0.6) is 5.75 Å². The largest absolute Gasteiger partial charge is 0.504 e. The van der Waals surface area contributed by atoms with Gasteiger partial charge in [-0.15, -0.1) is 0 Å². The first-order chi connectivity index (χ1) is 6.06. The number of aromatic nitrogens is 1. The minimum atomic E-state index is -2.77. The van der Waals surface area contributed by atoms with Crippen LogP contribution in [0.4, 0.5) is 8.78 Å². The van der Waals surface area contributed by atoms with Gasteiger partial charge in [-0.1, -0.05) is 11.6 Å². The Bertz CT molecular complexity index is 320. The van der Waals surface area contributed by atoms with Crippen molar-refractivity contribution in [3.63, 3.8) is 0 Å². The van der Waals surface area contributed by atoms with E-state index in [9.17, 15) is 8.78 Å². The number of hydrogen-bond donors (Lipinski definition) is 2. The standard InChI is InChI=1S/C7H6ClF2NO2/c8-6-5(13)3(2-12)1-4(11-6)7(9)10/h1,7,12-13H,2H2. The Kier molecular flexibility index (Phi) is 3.00. The first kappa shape index (κ1) is 10.1. The van der Waals surface area contributed by atoms with Crippen LogP contribution in [-0.2, 0) is 6.61 Å². The van der Waals surface area contributed by atoms with Gasteiger partial charge in [0.05, 0.1) is 6.61 Å². The van der Waals surface area contributed by atoms with Crippen LogP contribution in [0.25, 0.3) is 0 Å². The third-order valence-corrected chi connectivity index (χ3v) is 1.71. The fourth-order valence-corrected chi connectivity index (χ4v) is 1.03. The highest BCUT2D eigenvalue weighted by atomic mass is 35.5. The first-order valence-electron chi connectivity index (χ1n) is 3.33. The summed E-state index contributed by atoms with van der Waals surface area (Å²) in [5, 5.41) is 17.3. The maximum atomic E-state index is 12.1. The van der Waals surface area contributed by atoms with E-state index in [1.54, 1.807) is 0 Å². The van der Waals surface area contributed by atoms with E-state index >= 15 is 0 Å². The number of rotatable bonds is 2. The number of hydrogen-bond acceptors (Lipinski definition) is 3. The summed E-state index contributed by atoms with van der Waals surface area (Å²) in [6.45, 7) is -0.562. The van der Waals surface area contributed by atoms with Gasteiger partial charge in [0.25, 0.3) is 6.43 Å². The maximum Gasteiger partial charge on any atom is 0.280 e. The fourth-order valence-electron chi connectivity index (χ4n) is 0.810. The van der Waals surface area contributed by atoms with Gasteiger partial charge in [0.1, 0.15) is 5.69 Å². The summed E-state index contributed by atoms with van der Waals surface area (Å²) in [5.74, 6) is -0.464. The van der Waals surface area contributed by atoms with Crippen molar-refractivity contribution in [2.75, 3.05) is 0 Å². The van der Waals surface area contributed by atoms with Crippen LogP contribution in [0.3, 0.4) is 0 Å². The molecular weight excluding hydrogens is 204 g/mol. The molecule has 6 heteroatoms. The molecule has 1 aromatic heterocycles. The van der Waals surface area contributed by atoms with Gasteiger partial charge in [0, 0.05) is 5.56 Å². The molecule has 0 atom stereocenters. The number of alkyl halides is 2. The summed E-state index contributed by atoms with van der Waals surface area (Å²) in [4.78, 5) is 3.24. The Balaban J connectivity index is 3.22. The molecule has 0 spiro atoms. The van der Waals surface area contributed by atoms with Crippen LogP contribution in [0.15, 0.2) is 6.07 Å². The van der Waals surface area contributed by atoms with Gasteiger partial charge < -0.3 is 10.2 Å². The molecule has 0 saturated heterocycles. The molecule has 0 aliphatic carbocycles. The lowest BCUT2D eigenvalue weighted by atomic mass is 10.2. The highest BCUT2D eigenvalue weighted by Gasteiger charge is 2.15. The number of aliphatic hydroxyl groups excluding tert-OH is 1. The van der Waals surface area contributed by atoms with E-state index < -0.39 is 29.6 Å². The number of nitrogens with zero attached hydrogens (tertiary/aromatic N) is 1. The number of pyridine rings is 1. The molecule has 1 heterocycles. The third kappa shape index (κ3) is 2.05. The average Bonchev–Trinajstić information content (AvgIpc) is 2.09. The van der Waals surface area contributed by atoms with Crippen molar-refractivity contribution in [2.24, 2.45) is 0 Å². The van der Waals surface area contributed by atoms with Crippen LogP contribution in [0.2, 0.25) is 5.15 Å². The predicted octanol–water partition coefficient (Wildman–Crippen LogP) is 1.87. The Morgan fingerprint density at radius 2 is 2.15 bits per heavy atom. The van der Waals surface area contributed by atoms with E-state index in [1.165, 1.54) is 0 Å². The summed E-state index contributed by atoms with van der Waals surface area (Å²) in [5.41, 5.74) is -0.623. The molecule has 0 radical (unpaired) electrons. The SMILES string of the molecule is OCc1cc(C(F)F)nc(Cl)c1O. The summed E-state index contributed by atoms with van der Waals surface area (Å²) in [6.07, 6.45) is -2.77. The molecule has 0 fully saturated rings. The second-order valence-electron chi connectivity index (χ2n) is 2.30. The Morgan fingerprint density at radius 3 is 2.62 bits per heavy atom. The number of aromatic hydroxyl groups is 1. The summed E-state index contributed by atoms with van der Waals surface area (Å²) in [6, 6.07) is 0.909. The monoisotopic (exact) mass is 209 g/mol. The molecule has 1 rings (SSSR count). The van der Waals surface area contributed by atoms with Gasteiger partial charge in [-0.05, 0) is 6.07 Å². The van der Waals surface area contributed by atoms with Gasteiger partial charge in [0.15, 0.2) is 10.9 Å². The highest BCUT2D eigenvalue weighted by molar-refractivity contribution is 6.30. The molecule has 2 N–H and O–H groups in total. The molecule has 0 unspecified atom stereocenters. The molecular formula is C7H6ClF2NO2. The molecule has 0 aliphatic rings. The van der Waals surface area contributed by atoms with Gasteiger partial charge in [-0.2, -0.15) is 0 Å². The van der Waals surface area contributed by atoms with Gasteiger partial charge in [-0.3, -0.25) is 0 Å². The van der Waals surface area contributed by atoms with Crippen molar-refractivity contribution in [1.82, 2.24) is 4.98 Å². The van der Waals surface area contributed by atoms with Crippen LogP contribution in [-0.4, -0.2) is 15.2 Å². The second kappa shape index (κ2) is 3.85. The van der Waals surface area contributed by atoms with Crippen molar-refractivity contribution >= 4 is 11.6 Å². The molecule has 3 nitrogen and oxygen atoms in total. The summed E-state index contributed by atoms with van der Waals surface area (Å²) >= 11 is 5.34. The zero-order valence-electron chi connectivity index (χ0n) is 6.34. The fraction of sp³-hybridized carbons (Fsp3) is 0.286. The lowest BCUT2D eigenvalue weighted by molar-refractivity contribution is 0.145. The third-order valence-electron chi connectivity index (χ3n) is 1.44. The van der Waals surface area contributed by atoms with Crippen molar-refractivity contribution in [3.8, 4) is 5.75 Å². The Hall–Kier alpha value is -0.940. The quantitative estimate of drug-likeness (QED) is 0.731. The van der Waals surface area contributed by atoms with Gasteiger partial charge >= 0.3 is 0 Å². The average molecular weight is 210 g/mol. The zero-order chi connectivity index (χ0) is 10.0. The molecule has 72 valence electrons. The normalized spacial score (nSPS) is 10.8. The Labute approximate surface area is 77.6 Å². The molecule has 1 aromatic rings. The van der Waals surface area contributed by atoms with Gasteiger partial charge in [0.2, 0.25) is 0 Å². The number of halogens is 3. The van der Waals surface area contributed by atoms with E-state index in [0.717, 1.165) is 6.07 Å². The predicted molar refractivity (Wildman–Crippen MR) is 41.8 cm³/mol. The van der Waals surface area contributed by atoms with Crippen molar-refractivity contribution in [1.29, 1.82) is 0 Å². The molecule has 0 saturated carbocycles. The smallest absolute Gasteiger partial charge is 0.280 e. The van der Waals surface area contributed by atoms with Gasteiger partial charge in [-0.25, -0.2) is 13.8 Å². The molecule has 0 bridgehead atoms. The van der Waals surface area contributed by atoms with Crippen LogP contribution >= 0.6 is 11.6 Å². The minimum Gasteiger partial charge on any atom is -0.504 e. The number of aliphatic hydroxyl groups is 1. The molecule has 0 aromatic carbocycles. The maximum absolute atomic E-state index is 12.1.